The number of halogens is 4. The number of aryl methyl sites for hydroxylation is 2. The average Bonchev–Trinajstić information content (AvgIpc) is 3.29. The molecule has 0 saturated heterocycles. The standard InChI is InChI=1S/C17H14F4N6O.C7H12O2/c1-9-5-11(15-24-26-27(2)25-15)7-14(23-9)16(28)22-8-10-3-4-13(18)12(6-10)17(19,20)21;8-7(9)6-4-2-1-3-5-6/h3-7H,8H2,1-2H3,(H,22,28);6H,1-5H2,(H,8,9). The molecule has 1 fully saturated rings. The number of nitrogens with zero attached hydrogens (tertiary/aromatic N) is 5. The van der Waals surface area contributed by atoms with E-state index in [1.165, 1.54) is 23.4 Å². The number of nitrogens with one attached hydrogen (secondary N) is 1. The molecule has 0 aliphatic heterocycles. The van der Waals surface area contributed by atoms with Gasteiger partial charge in [0.15, 0.2) is 0 Å². The van der Waals surface area contributed by atoms with Gasteiger partial charge in [0.25, 0.3) is 5.91 Å². The van der Waals surface area contributed by atoms with E-state index in [-0.39, 0.29) is 23.7 Å². The number of pyridine rings is 1. The van der Waals surface area contributed by atoms with Gasteiger partial charge in [0, 0.05) is 17.8 Å². The fourth-order valence-electron chi connectivity index (χ4n) is 3.84. The monoisotopic (exact) mass is 522 g/mol. The highest BCUT2D eigenvalue weighted by atomic mass is 19.4. The Balaban J connectivity index is 0.000000356. The second kappa shape index (κ2) is 11.9. The predicted molar refractivity (Wildman–Crippen MR) is 124 cm³/mol. The number of tetrazole rings is 1. The molecule has 0 spiro atoms. The number of carbonyl (C=O) groups excluding carboxylic acids is 1. The Bertz CT molecular complexity index is 1260. The first-order chi connectivity index (χ1) is 17.4. The number of rotatable bonds is 5. The van der Waals surface area contributed by atoms with Crippen molar-refractivity contribution in [1.29, 1.82) is 0 Å². The summed E-state index contributed by atoms with van der Waals surface area (Å²) in [5.41, 5.74) is -0.196. The van der Waals surface area contributed by atoms with E-state index in [4.69, 9.17) is 5.11 Å². The van der Waals surface area contributed by atoms with Gasteiger partial charge in [0.05, 0.1) is 18.5 Å². The minimum absolute atomic E-state index is 0.0289. The zero-order valence-corrected chi connectivity index (χ0v) is 20.2. The molecule has 1 amide bonds. The normalized spacial score (nSPS) is 14.0. The van der Waals surface area contributed by atoms with Crippen LogP contribution < -0.4 is 5.32 Å². The first kappa shape index (κ1) is 27.7. The van der Waals surface area contributed by atoms with Gasteiger partial charge in [-0.1, -0.05) is 25.3 Å². The molecule has 198 valence electrons. The number of hydrogen-bond donors (Lipinski definition) is 2. The number of carboxylic acids is 1. The van der Waals surface area contributed by atoms with Gasteiger partial charge in [0.1, 0.15) is 11.5 Å². The summed E-state index contributed by atoms with van der Waals surface area (Å²) in [7, 11) is 1.59. The summed E-state index contributed by atoms with van der Waals surface area (Å²) < 4.78 is 51.7. The van der Waals surface area contributed by atoms with Gasteiger partial charge in [-0.05, 0) is 54.8 Å². The summed E-state index contributed by atoms with van der Waals surface area (Å²) in [6.07, 6.45) is 0.420. The molecule has 2 N–H and O–H groups in total. The maximum Gasteiger partial charge on any atom is 0.419 e. The molecule has 0 atom stereocenters. The summed E-state index contributed by atoms with van der Waals surface area (Å²) in [6.45, 7) is 1.45. The van der Waals surface area contributed by atoms with Crippen LogP contribution in [0, 0.1) is 18.7 Å². The van der Waals surface area contributed by atoms with Crippen LogP contribution in [0.3, 0.4) is 0 Å². The molecule has 1 aliphatic rings. The number of aliphatic carboxylic acids is 1. The van der Waals surface area contributed by atoms with Crippen LogP contribution >= 0.6 is 0 Å². The molecule has 0 bridgehead atoms. The molecule has 9 nitrogen and oxygen atoms in total. The molecule has 3 aromatic rings. The molecule has 0 radical (unpaired) electrons. The fourth-order valence-corrected chi connectivity index (χ4v) is 3.84. The van der Waals surface area contributed by atoms with E-state index in [1.54, 1.807) is 20.0 Å². The maximum absolute atomic E-state index is 13.3. The molecule has 13 heteroatoms. The number of hydrogen-bond acceptors (Lipinski definition) is 6. The Kier molecular flexibility index (Phi) is 8.90. The Hall–Kier alpha value is -3.90. The number of amides is 1. The highest BCUT2D eigenvalue weighted by Crippen LogP contribution is 2.32. The van der Waals surface area contributed by atoms with Gasteiger partial charge in [0.2, 0.25) is 5.82 Å². The van der Waals surface area contributed by atoms with Crippen LogP contribution in [0.4, 0.5) is 17.6 Å². The first-order valence-corrected chi connectivity index (χ1v) is 11.5. The molecule has 1 saturated carbocycles. The summed E-state index contributed by atoms with van der Waals surface area (Å²) in [5.74, 6) is -2.31. The van der Waals surface area contributed by atoms with Crippen molar-refractivity contribution in [1.82, 2.24) is 30.5 Å². The van der Waals surface area contributed by atoms with Gasteiger partial charge in [-0.3, -0.25) is 9.59 Å². The summed E-state index contributed by atoms with van der Waals surface area (Å²) in [6, 6.07) is 5.67. The molecule has 4 rings (SSSR count). The summed E-state index contributed by atoms with van der Waals surface area (Å²) in [5, 5.41) is 22.6. The van der Waals surface area contributed by atoms with Crippen molar-refractivity contribution in [2.24, 2.45) is 13.0 Å². The molecular formula is C24H26F4N6O3. The van der Waals surface area contributed by atoms with Gasteiger partial charge in [-0.15, -0.1) is 10.2 Å². The zero-order valence-electron chi connectivity index (χ0n) is 20.2. The van der Waals surface area contributed by atoms with Crippen LogP contribution in [0.2, 0.25) is 0 Å². The smallest absolute Gasteiger partial charge is 0.419 e. The van der Waals surface area contributed by atoms with Crippen molar-refractivity contribution < 1.29 is 32.3 Å². The Morgan fingerprint density at radius 1 is 1.14 bits per heavy atom. The Morgan fingerprint density at radius 3 is 2.41 bits per heavy atom. The predicted octanol–water partition coefficient (Wildman–Crippen LogP) is 4.32. The van der Waals surface area contributed by atoms with E-state index < -0.39 is 29.4 Å². The molecule has 1 aliphatic carbocycles. The quantitative estimate of drug-likeness (QED) is 0.479. The van der Waals surface area contributed by atoms with Crippen LogP contribution in [0.5, 0.6) is 0 Å². The first-order valence-electron chi connectivity index (χ1n) is 11.5. The van der Waals surface area contributed by atoms with Crippen molar-refractivity contribution in [3.63, 3.8) is 0 Å². The van der Waals surface area contributed by atoms with Crippen LogP contribution in [0.25, 0.3) is 11.4 Å². The molecule has 1 aromatic carbocycles. The molecule has 0 unspecified atom stereocenters. The van der Waals surface area contributed by atoms with Crippen molar-refractivity contribution >= 4 is 11.9 Å². The van der Waals surface area contributed by atoms with Crippen molar-refractivity contribution in [3.8, 4) is 11.4 Å². The van der Waals surface area contributed by atoms with Gasteiger partial charge >= 0.3 is 12.1 Å². The number of carboxylic acid groups (broad SMARTS) is 1. The third-order valence-electron chi connectivity index (χ3n) is 5.70. The van der Waals surface area contributed by atoms with Crippen LogP contribution in [-0.4, -0.2) is 42.2 Å². The minimum Gasteiger partial charge on any atom is -0.481 e. The topological polar surface area (TPSA) is 123 Å². The van der Waals surface area contributed by atoms with E-state index in [0.29, 0.717) is 29.2 Å². The van der Waals surface area contributed by atoms with E-state index >= 15 is 0 Å². The molecule has 2 heterocycles. The third-order valence-corrected chi connectivity index (χ3v) is 5.70. The molecule has 37 heavy (non-hydrogen) atoms. The van der Waals surface area contributed by atoms with Gasteiger partial charge in [-0.2, -0.15) is 18.0 Å². The van der Waals surface area contributed by atoms with E-state index in [9.17, 15) is 27.2 Å². The van der Waals surface area contributed by atoms with Gasteiger partial charge in [-0.25, -0.2) is 9.37 Å². The van der Waals surface area contributed by atoms with Crippen molar-refractivity contribution in [2.45, 2.75) is 51.7 Å². The van der Waals surface area contributed by atoms with Crippen LogP contribution in [-0.2, 0) is 24.6 Å². The Labute approximate surface area is 209 Å². The zero-order chi connectivity index (χ0) is 27.2. The van der Waals surface area contributed by atoms with E-state index in [1.807, 2.05) is 0 Å². The van der Waals surface area contributed by atoms with Gasteiger partial charge < -0.3 is 10.4 Å². The fraction of sp³-hybridized carbons (Fsp3) is 0.417. The second-order valence-electron chi connectivity index (χ2n) is 8.65. The average molecular weight is 523 g/mol. The highest BCUT2D eigenvalue weighted by molar-refractivity contribution is 5.93. The van der Waals surface area contributed by atoms with E-state index in [0.717, 1.165) is 25.7 Å². The highest BCUT2D eigenvalue weighted by Gasteiger charge is 2.34. The third kappa shape index (κ3) is 7.79. The lowest BCUT2D eigenvalue weighted by Crippen LogP contribution is -2.24. The van der Waals surface area contributed by atoms with Crippen molar-refractivity contribution in [2.75, 3.05) is 0 Å². The second-order valence-corrected chi connectivity index (χ2v) is 8.65. The van der Waals surface area contributed by atoms with E-state index in [2.05, 4.69) is 25.7 Å². The van der Waals surface area contributed by atoms with Crippen molar-refractivity contribution in [3.05, 3.63) is 58.7 Å². The van der Waals surface area contributed by atoms with Crippen LogP contribution in [0.15, 0.2) is 30.3 Å². The molecular weight excluding hydrogens is 496 g/mol. The maximum atomic E-state index is 13.3. The Morgan fingerprint density at radius 2 is 1.84 bits per heavy atom. The lowest BCUT2D eigenvalue weighted by atomic mass is 9.90. The molecule has 2 aromatic heterocycles. The van der Waals surface area contributed by atoms with Crippen LogP contribution in [0.1, 0.15) is 59.4 Å². The summed E-state index contributed by atoms with van der Waals surface area (Å²) >= 11 is 0. The lowest BCUT2D eigenvalue weighted by Gasteiger charge is -2.16. The number of benzene rings is 1. The number of alkyl halides is 3. The SMILES string of the molecule is Cc1cc(-c2nnn(C)n2)cc(C(=O)NCc2ccc(F)c(C(F)(F)F)c2)n1.O=C(O)C1CCCCC1. The number of aromatic nitrogens is 5. The largest absolute Gasteiger partial charge is 0.481 e. The minimum atomic E-state index is -4.82. The lowest BCUT2D eigenvalue weighted by molar-refractivity contribution is -0.143. The summed E-state index contributed by atoms with van der Waals surface area (Å²) in [4.78, 5) is 28.1. The number of carbonyl (C=O) groups is 2.